The Bertz CT molecular complexity index is 1710. The smallest absolute Gasteiger partial charge is 0.266 e. The van der Waals surface area contributed by atoms with Crippen LogP contribution in [0.3, 0.4) is 0 Å². The highest BCUT2D eigenvalue weighted by Crippen LogP contribution is 2.52. The molecule has 1 N–H and O–H groups in total. The Morgan fingerprint density at radius 1 is 1.23 bits per heavy atom. The number of rotatable bonds is 6. The Kier molecular flexibility index (Phi) is 6.40. The summed E-state index contributed by atoms with van der Waals surface area (Å²) in [5.74, 6) is 0.447. The number of nitrogens with zero attached hydrogens (tertiary/aromatic N) is 5. The van der Waals surface area contributed by atoms with Gasteiger partial charge in [-0.15, -0.1) is 0 Å². The van der Waals surface area contributed by atoms with Gasteiger partial charge in [0.15, 0.2) is 0 Å². The summed E-state index contributed by atoms with van der Waals surface area (Å²) in [5, 5.41) is 13.8. The molecule has 2 saturated carbocycles. The van der Waals surface area contributed by atoms with Crippen LogP contribution in [0.1, 0.15) is 61.6 Å². The van der Waals surface area contributed by atoms with Crippen LogP contribution in [-0.2, 0) is 28.7 Å². The minimum atomic E-state index is -2.94. The van der Waals surface area contributed by atoms with Gasteiger partial charge in [-0.2, -0.15) is 5.26 Å². The van der Waals surface area contributed by atoms with Gasteiger partial charge in [0, 0.05) is 46.0 Å². The summed E-state index contributed by atoms with van der Waals surface area (Å²) in [4.78, 5) is 22.0. The molecule has 6 rings (SSSR count). The monoisotopic (exact) mass is 570 g/mol. The minimum Gasteiger partial charge on any atom is -0.365 e. The lowest BCUT2D eigenvalue weighted by Crippen LogP contribution is -2.53. The molecule has 0 atom stereocenters. The number of aromatic nitrogens is 3. The number of nitriles is 1. The third kappa shape index (κ3) is 4.54. The topological polar surface area (TPSA) is 113 Å². The zero-order valence-corrected chi connectivity index (χ0v) is 22.8. The number of benzene rings is 1. The first-order valence-corrected chi connectivity index (χ1v) is 15.2. The fourth-order valence-corrected chi connectivity index (χ4v) is 9.52. The highest BCUT2D eigenvalue weighted by Gasteiger charge is 2.53. The van der Waals surface area contributed by atoms with Gasteiger partial charge in [0.1, 0.15) is 23.6 Å². The van der Waals surface area contributed by atoms with Gasteiger partial charge in [-0.25, -0.2) is 31.7 Å². The van der Waals surface area contributed by atoms with Crippen LogP contribution in [0, 0.1) is 22.6 Å². The third-order valence-corrected chi connectivity index (χ3v) is 11.4. The molecule has 2 aromatic heterocycles. The van der Waals surface area contributed by atoms with Crippen LogP contribution in [-0.4, -0.2) is 36.3 Å². The first-order chi connectivity index (χ1) is 19.1. The maximum atomic E-state index is 14.6. The first-order valence-electron chi connectivity index (χ1n) is 13.4. The van der Waals surface area contributed by atoms with Crippen molar-refractivity contribution in [3.8, 4) is 6.07 Å². The lowest BCUT2D eigenvalue weighted by atomic mass is 9.62. The van der Waals surface area contributed by atoms with E-state index in [1.807, 2.05) is 0 Å². The highest BCUT2D eigenvalue weighted by molar-refractivity contribution is 7.95. The van der Waals surface area contributed by atoms with E-state index in [-0.39, 0.29) is 29.1 Å². The van der Waals surface area contributed by atoms with Gasteiger partial charge in [-0.3, -0.25) is 9.36 Å². The predicted octanol–water partition coefficient (Wildman–Crippen LogP) is 4.98. The van der Waals surface area contributed by atoms with Crippen molar-refractivity contribution < 1.29 is 17.4 Å². The number of pyridine rings is 1. The van der Waals surface area contributed by atoms with Crippen LogP contribution in [0.5, 0.6) is 0 Å². The van der Waals surface area contributed by atoms with E-state index in [4.69, 9.17) is 0 Å². The van der Waals surface area contributed by atoms with E-state index in [1.165, 1.54) is 23.0 Å². The van der Waals surface area contributed by atoms with Crippen molar-refractivity contribution in [1.82, 2.24) is 14.5 Å². The summed E-state index contributed by atoms with van der Waals surface area (Å²) < 4.78 is 59.9. The lowest BCUT2D eigenvalue weighted by Gasteiger charge is -2.50. The molecule has 0 amide bonds. The molecule has 0 unspecified atom stereocenters. The molecule has 1 saturated heterocycles. The summed E-state index contributed by atoms with van der Waals surface area (Å²) in [5.41, 5.74) is -1.41. The van der Waals surface area contributed by atoms with Crippen LogP contribution in [0.15, 0.2) is 39.8 Å². The molecule has 3 heterocycles. The number of hydrogen-bond donors (Lipinski definition) is 1. The van der Waals surface area contributed by atoms with Gasteiger partial charge in [-0.05, 0) is 50.0 Å². The minimum absolute atomic E-state index is 0.0474. The highest BCUT2D eigenvalue weighted by atomic mass is 32.2. The second kappa shape index (κ2) is 9.58. The zero-order chi connectivity index (χ0) is 28.3. The summed E-state index contributed by atoms with van der Waals surface area (Å²) in [6.07, 6.45) is 2.67. The quantitative estimate of drug-likeness (QED) is 0.447. The Hall–Kier alpha value is -3.46. The second-order valence-electron chi connectivity index (χ2n) is 11.4. The van der Waals surface area contributed by atoms with E-state index >= 15 is 0 Å². The Labute approximate surface area is 229 Å². The average Bonchev–Trinajstić information content (AvgIpc) is 3.73. The van der Waals surface area contributed by atoms with Gasteiger partial charge in [0.05, 0.1) is 28.5 Å². The van der Waals surface area contributed by atoms with E-state index in [1.54, 1.807) is 13.1 Å². The fraction of sp³-hybridized carbons (Fsp3) is 0.500. The third-order valence-electron chi connectivity index (χ3n) is 8.64. The molecule has 3 aromatic rings. The molecule has 1 aromatic carbocycles. The van der Waals surface area contributed by atoms with Crippen LogP contribution >= 0.6 is 0 Å². The molecule has 3 aliphatic rings. The second-order valence-corrected chi connectivity index (χ2v) is 13.8. The maximum Gasteiger partial charge on any atom is 0.266 e. The van der Waals surface area contributed by atoms with Crippen LogP contribution < -0.4 is 10.9 Å². The molecule has 40 heavy (non-hydrogen) atoms. The molecule has 2 aliphatic carbocycles. The van der Waals surface area contributed by atoms with E-state index < -0.39 is 33.0 Å². The molecular weight excluding hydrogens is 541 g/mol. The van der Waals surface area contributed by atoms with E-state index in [9.17, 15) is 27.4 Å². The zero-order valence-electron chi connectivity index (χ0n) is 22.0. The Morgan fingerprint density at radius 3 is 2.60 bits per heavy atom. The van der Waals surface area contributed by atoms with Crippen molar-refractivity contribution in [1.29, 1.82) is 5.26 Å². The van der Waals surface area contributed by atoms with Crippen molar-refractivity contribution in [2.75, 3.05) is 16.8 Å². The summed E-state index contributed by atoms with van der Waals surface area (Å²) in [6, 6.07) is 8.15. The molecular formula is C28H29F3N6O2S. The molecule has 210 valence electrons. The maximum absolute atomic E-state index is 14.6. The average molecular weight is 571 g/mol. The first kappa shape index (κ1) is 26.7. The summed E-state index contributed by atoms with van der Waals surface area (Å²) in [6.45, 7) is -0.117. The van der Waals surface area contributed by atoms with E-state index in [0.29, 0.717) is 59.6 Å². The summed E-state index contributed by atoms with van der Waals surface area (Å²) in [7, 11) is -0.572. The largest absolute Gasteiger partial charge is 0.365 e. The number of anilines is 1. The molecule has 8 nitrogen and oxygen atoms in total. The SMILES string of the molecule is Cn1c(=O)c(C2(C#N)CCC3(CC2)CS(=O)(=NC2CC2)C3)cc2c(NCc3cccc(C(F)F)c3F)ncnc21. The van der Waals surface area contributed by atoms with E-state index in [2.05, 4.69) is 25.7 Å². The van der Waals surface area contributed by atoms with Crippen molar-refractivity contribution in [3.63, 3.8) is 0 Å². The molecule has 0 radical (unpaired) electrons. The Balaban J connectivity index is 1.30. The number of hydrogen-bond acceptors (Lipinski definition) is 7. The number of nitrogens with one attached hydrogen (secondary N) is 1. The fourth-order valence-electron chi connectivity index (χ4n) is 6.21. The molecule has 3 fully saturated rings. The number of halogens is 3. The lowest BCUT2D eigenvalue weighted by molar-refractivity contribution is 0.146. The molecule has 1 aliphatic heterocycles. The van der Waals surface area contributed by atoms with Gasteiger partial charge >= 0.3 is 0 Å². The molecule has 12 heteroatoms. The molecule has 0 bridgehead atoms. The van der Waals surface area contributed by atoms with Gasteiger partial charge < -0.3 is 5.32 Å². The molecule has 1 spiro atoms. The van der Waals surface area contributed by atoms with Crippen LogP contribution in [0.2, 0.25) is 0 Å². The van der Waals surface area contributed by atoms with Gasteiger partial charge in [-0.1, -0.05) is 18.2 Å². The Morgan fingerprint density at radius 2 is 1.95 bits per heavy atom. The standard InChI is InChI=1S/C28H29F3N6O2S/c1-37-25-20(24(34-16-35-25)33-12-17-3-2-4-19(22(17)29)23(30)31)11-21(26(37)38)28(13-32)9-7-27(8-10-28)14-40(39,15-27)36-18-5-6-18/h2-4,11,16,18,23H,5-10,12,14-15H2,1H3,(H,33,34,35). The normalized spacial score (nSPS) is 27.9. The van der Waals surface area contributed by atoms with Gasteiger partial charge in [0.2, 0.25) is 0 Å². The van der Waals surface area contributed by atoms with E-state index in [0.717, 1.165) is 18.9 Å². The number of alkyl halides is 2. The van der Waals surface area contributed by atoms with Crippen LogP contribution in [0.25, 0.3) is 11.0 Å². The van der Waals surface area contributed by atoms with Crippen molar-refractivity contribution in [3.05, 3.63) is 63.5 Å². The van der Waals surface area contributed by atoms with Crippen molar-refractivity contribution >= 4 is 26.6 Å². The van der Waals surface area contributed by atoms with Crippen molar-refractivity contribution in [2.45, 2.75) is 63.0 Å². The van der Waals surface area contributed by atoms with Crippen LogP contribution in [0.4, 0.5) is 19.0 Å². The van der Waals surface area contributed by atoms with Crippen molar-refractivity contribution in [2.24, 2.45) is 16.8 Å². The predicted molar refractivity (Wildman–Crippen MR) is 145 cm³/mol. The van der Waals surface area contributed by atoms with Gasteiger partial charge in [0.25, 0.3) is 12.0 Å². The number of aryl methyl sites for hydroxylation is 1. The number of fused-ring (bicyclic) bond motifs is 1. The summed E-state index contributed by atoms with van der Waals surface area (Å²) >= 11 is 0.